The van der Waals surface area contributed by atoms with Crippen molar-refractivity contribution in [2.75, 3.05) is 0 Å². The van der Waals surface area contributed by atoms with E-state index in [9.17, 15) is 0 Å². The van der Waals surface area contributed by atoms with E-state index in [4.69, 9.17) is 0 Å². The molecule has 2 rings (SSSR count). The highest BCUT2D eigenvalue weighted by Gasteiger charge is 2.03. The van der Waals surface area contributed by atoms with E-state index in [1.54, 1.807) is 0 Å². The Labute approximate surface area is 90.6 Å². The first-order chi connectivity index (χ1) is 7.29. The molecule has 15 heavy (non-hydrogen) atoms. The lowest BCUT2D eigenvalue weighted by Crippen LogP contribution is -1.96. The second kappa shape index (κ2) is 4.30. The molecule has 0 saturated carbocycles. The summed E-state index contributed by atoms with van der Waals surface area (Å²) >= 11 is 0. The fraction of sp³-hybridized carbons (Fsp3) is 0.308. The van der Waals surface area contributed by atoms with Crippen molar-refractivity contribution in [2.24, 2.45) is 7.05 Å². The number of benzene rings is 1. The third-order valence-corrected chi connectivity index (χ3v) is 2.62. The molecule has 1 heterocycles. The van der Waals surface area contributed by atoms with Crippen LogP contribution in [-0.4, -0.2) is 9.78 Å². The maximum atomic E-state index is 4.49. The van der Waals surface area contributed by atoms with Crippen molar-refractivity contribution in [1.29, 1.82) is 0 Å². The minimum Gasteiger partial charge on any atom is -0.272 e. The van der Waals surface area contributed by atoms with Crippen molar-refractivity contribution in [2.45, 2.75) is 19.8 Å². The molecule has 0 aliphatic heterocycles. The van der Waals surface area contributed by atoms with Crippen LogP contribution in [0.25, 0.3) is 0 Å². The van der Waals surface area contributed by atoms with Crippen LogP contribution in [0.15, 0.2) is 36.4 Å². The Hall–Kier alpha value is -1.57. The Kier molecular flexibility index (Phi) is 2.86. The van der Waals surface area contributed by atoms with Gasteiger partial charge in [-0.05, 0) is 18.1 Å². The number of aryl methyl sites for hydroxylation is 2. The molecule has 0 spiro atoms. The first-order valence-corrected chi connectivity index (χ1v) is 5.35. The summed E-state index contributed by atoms with van der Waals surface area (Å²) in [6.07, 6.45) is 1.97. The average molecular weight is 200 g/mol. The summed E-state index contributed by atoms with van der Waals surface area (Å²) in [6.45, 7) is 2.16. The van der Waals surface area contributed by atoms with Gasteiger partial charge in [0, 0.05) is 19.2 Å². The molecule has 2 nitrogen and oxygen atoms in total. The van der Waals surface area contributed by atoms with Gasteiger partial charge in [0.1, 0.15) is 0 Å². The van der Waals surface area contributed by atoms with Gasteiger partial charge in [-0.1, -0.05) is 37.3 Å². The normalized spacial score (nSPS) is 10.5. The molecule has 0 bridgehead atoms. The van der Waals surface area contributed by atoms with Crippen LogP contribution >= 0.6 is 0 Å². The monoisotopic (exact) mass is 200 g/mol. The van der Waals surface area contributed by atoms with E-state index in [1.165, 1.54) is 11.3 Å². The predicted molar refractivity (Wildman–Crippen MR) is 61.8 cm³/mol. The highest BCUT2D eigenvalue weighted by atomic mass is 15.3. The Bertz CT molecular complexity index is 429. The van der Waals surface area contributed by atoms with E-state index >= 15 is 0 Å². The van der Waals surface area contributed by atoms with Crippen molar-refractivity contribution < 1.29 is 0 Å². The van der Waals surface area contributed by atoms with Crippen molar-refractivity contribution in [3.63, 3.8) is 0 Å². The molecule has 0 aliphatic rings. The van der Waals surface area contributed by atoms with Crippen LogP contribution in [0.2, 0.25) is 0 Å². The molecular formula is C13H16N2. The van der Waals surface area contributed by atoms with Gasteiger partial charge < -0.3 is 0 Å². The van der Waals surface area contributed by atoms with E-state index in [2.05, 4.69) is 42.4 Å². The van der Waals surface area contributed by atoms with Crippen LogP contribution in [0, 0.1) is 0 Å². The predicted octanol–water partition coefficient (Wildman–Crippen LogP) is 2.57. The Morgan fingerprint density at radius 2 is 1.93 bits per heavy atom. The SMILES string of the molecule is CCc1cc(Cc2ccccc2)nn1C. The lowest BCUT2D eigenvalue weighted by atomic mass is 10.1. The second-order valence-electron chi connectivity index (χ2n) is 3.77. The molecule has 0 radical (unpaired) electrons. The first kappa shape index (κ1) is 9.97. The zero-order valence-electron chi connectivity index (χ0n) is 9.27. The quantitative estimate of drug-likeness (QED) is 0.744. The highest BCUT2D eigenvalue weighted by molar-refractivity contribution is 5.22. The summed E-state index contributed by atoms with van der Waals surface area (Å²) in [5.41, 5.74) is 3.76. The maximum absolute atomic E-state index is 4.49. The van der Waals surface area contributed by atoms with Crippen molar-refractivity contribution in [3.8, 4) is 0 Å². The molecule has 2 heteroatoms. The minimum absolute atomic E-state index is 0.925. The topological polar surface area (TPSA) is 17.8 Å². The Balaban J connectivity index is 2.18. The largest absolute Gasteiger partial charge is 0.272 e. The zero-order chi connectivity index (χ0) is 10.7. The summed E-state index contributed by atoms with van der Waals surface area (Å²) in [4.78, 5) is 0. The summed E-state index contributed by atoms with van der Waals surface area (Å²) in [5.74, 6) is 0. The molecule has 0 N–H and O–H groups in total. The number of nitrogens with zero attached hydrogens (tertiary/aromatic N) is 2. The molecule has 1 aromatic carbocycles. The summed E-state index contributed by atoms with van der Waals surface area (Å²) in [6, 6.07) is 12.6. The van der Waals surface area contributed by atoms with Crippen molar-refractivity contribution in [3.05, 3.63) is 53.3 Å². The number of hydrogen-bond acceptors (Lipinski definition) is 1. The molecule has 0 saturated heterocycles. The molecular weight excluding hydrogens is 184 g/mol. The number of aromatic nitrogens is 2. The third-order valence-electron chi connectivity index (χ3n) is 2.62. The Morgan fingerprint density at radius 1 is 1.20 bits per heavy atom. The molecule has 2 aromatic rings. The van der Waals surface area contributed by atoms with Gasteiger partial charge in [0.05, 0.1) is 5.69 Å². The minimum atomic E-state index is 0.925. The van der Waals surface area contributed by atoms with E-state index < -0.39 is 0 Å². The summed E-state index contributed by atoms with van der Waals surface area (Å²) in [7, 11) is 2.01. The Morgan fingerprint density at radius 3 is 2.53 bits per heavy atom. The standard InChI is InChI=1S/C13H16N2/c1-3-13-10-12(14-15(13)2)9-11-7-5-4-6-8-11/h4-8,10H,3,9H2,1-2H3. The smallest absolute Gasteiger partial charge is 0.0671 e. The lowest BCUT2D eigenvalue weighted by Gasteiger charge is -1.96. The van der Waals surface area contributed by atoms with Crippen LogP contribution < -0.4 is 0 Å². The summed E-state index contributed by atoms with van der Waals surface area (Å²) < 4.78 is 1.97. The van der Waals surface area contributed by atoms with Gasteiger partial charge in [-0.15, -0.1) is 0 Å². The van der Waals surface area contributed by atoms with Crippen molar-refractivity contribution >= 4 is 0 Å². The molecule has 0 aliphatic carbocycles. The van der Waals surface area contributed by atoms with Crippen molar-refractivity contribution in [1.82, 2.24) is 9.78 Å². The van der Waals surface area contributed by atoms with Gasteiger partial charge in [0.15, 0.2) is 0 Å². The first-order valence-electron chi connectivity index (χ1n) is 5.35. The van der Waals surface area contributed by atoms with E-state index in [1.807, 2.05) is 17.8 Å². The molecule has 78 valence electrons. The van der Waals surface area contributed by atoms with E-state index in [0.717, 1.165) is 18.5 Å². The fourth-order valence-electron chi connectivity index (χ4n) is 1.79. The van der Waals surface area contributed by atoms with Crippen LogP contribution in [0.3, 0.4) is 0 Å². The van der Waals surface area contributed by atoms with Crippen LogP contribution in [-0.2, 0) is 19.9 Å². The third kappa shape index (κ3) is 2.27. The van der Waals surface area contributed by atoms with Gasteiger partial charge in [-0.25, -0.2) is 0 Å². The molecule has 0 amide bonds. The van der Waals surface area contributed by atoms with Gasteiger partial charge in [-0.3, -0.25) is 4.68 Å². The fourth-order valence-corrected chi connectivity index (χ4v) is 1.79. The number of rotatable bonds is 3. The molecule has 0 fully saturated rings. The van der Waals surface area contributed by atoms with Crippen LogP contribution in [0.4, 0.5) is 0 Å². The number of hydrogen-bond donors (Lipinski definition) is 0. The second-order valence-corrected chi connectivity index (χ2v) is 3.77. The van der Waals surface area contributed by atoms with E-state index in [-0.39, 0.29) is 0 Å². The highest BCUT2D eigenvalue weighted by Crippen LogP contribution is 2.09. The van der Waals surface area contributed by atoms with Gasteiger partial charge in [0.2, 0.25) is 0 Å². The average Bonchev–Trinajstić information content (AvgIpc) is 2.60. The molecule has 1 aromatic heterocycles. The van der Waals surface area contributed by atoms with Gasteiger partial charge in [0.25, 0.3) is 0 Å². The molecule has 0 atom stereocenters. The summed E-state index contributed by atoms with van der Waals surface area (Å²) in [5, 5.41) is 4.49. The van der Waals surface area contributed by atoms with Gasteiger partial charge in [-0.2, -0.15) is 5.10 Å². The van der Waals surface area contributed by atoms with Crippen LogP contribution in [0.1, 0.15) is 23.9 Å². The molecule has 0 unspecified atom stereocenters. The van der Waals surface area contributed by atoms with Gasteiger partial charge >= 0.3 is 0 Å². The van der Waals surface area contributed by atoms with E-state index in [0.29, 0.717) is 0 Å². The zero-order valence-corrected chi connectivity index (χ0v) is 9.27. The lowest BCUT2D eigenvalue weighted by molar-refractivity contribution is 0.706. The van der Waals surface area contributed by atoms with Crippen LogP contribution in [0.5, 0.6) is 0 Å². The maximum Gasteiger partial charge on any atom is 0.0671 e.